The van der Waals surface area contributed by atoms with Crippen LogP contribution in [0.3, 0.4) is 0 Å². The number of nitrogens with zero attached hydrogens (tertiary/aromatic N) is 1. The smallest absolute Gasteiger partial charge is 0.295 e. The minimum Gasteiger partial charge on any atom is -0.490 e. The molecule has 0 bridgehead atoms. The van der Waals surface area contributed by atoms with Gasteiger partial charge in [0.25, 0.3) is 5.91 Å². The van der Waals surface area contributed by atoms with Crippen LogP contribution in [-0.4, -0.2) is 19.1 Å². The highest BCUT2D eigenvalue weighted by atomic mass is 79.9. The second-order valence-electron chi connectivity index (χ2n) is 9.07. The summed E-state index contributed by atoms with van der Waals surface area (Å²) < 4.78 is 18.7. The van der Waals surface area contributed by atoms with Gasteiger partial charge in [0.15, 0.2) is 16.9 Å². The molecule has 5 rings (SSSR count). The number of rotatable bonds is 8. The third kappa shape index (κ3) is 4.64. The molecule has 0 spiro atoms. The molecule has 190 valence electrons. The Bertz CT molecular complexity index is 1540. The van der Waals surface area contributed by atoms with E-state index in [0.717, 1.165) is 28.4 Å². The summed E-state index contributed by atoms with van der Waals surface area (Å²) in [4.78, 5) is 29.4. The van der Waals surface area contributed by atoms with Gasteiger partial charge in [0.1, 0.15) is 5.58 Å². The third-order valence-corrected chi connectivity index (χ3v) is 6.94. The molecule has 1 unspecified atom stereocenters. The quantitative estimate of drug-likeness (QED) is 0.213. The number of amides is 1. The van der Waals surface area contributed by atoms with E-state index in [9.17, 15) is 9.59 Å². The van der Waals surface area contributed by atoms with E-state index in [0.29, 0.717) is 46.9 Å². The maximum absolute atomic E-state index is 13.9. The Balaban J connectivity index is 1.72. The number of hydrogen-bond acceptors (Lipinski definition) is 5. The minimum absolute atomic E-state index is 0.0626. The monoisotopic (exact) mass is 561 g/mol. The minimum atomic E-state index is -0.687. The van der Waals surface area contributed by atoms with E-state index < -0.39 is 6.04 Å². The Morgan fingerprint density at radius 3 is 2.57 bits per heavy atom. The predicted octanol–water partition coefficient (Wildman–Crippen LogP) is 7.19. The molecule has 0 saturated carbocycles. The van der Waals surface area contributed by atoms with Crippen LogP contribution in [0.4, 0.5) is 5.69 Å². The Morgan fingerprint density at radius 2 is 1.81 bits per heavy atom. The van der Waals surface area contributed by atoms with Gasteiger partial charge in [0, 0.05) is 10.2 Å². The second kappa shape index (κ2) is 10.4. The van der Waals surface area contributed by atoms with Gasteiger partial charge in [-0.1, -0.05) is 47.5 Å². The number of ether oxygens (including phenoxy) is 2. The van der Waals surface area contributed by atoms with Crippen molar-refractivity contribution in [3.8, 4) is 11.5 Å². The summed E-state index contributed by atoms with van der Waals surface area (Å²) in [6.45, 7) is 7.03. The summed E-state index contributed by atoms with van der Waals surface area (Å²) in [6.07, 6.45) is 1.96. The number of benzene rings is 3. The molecule has 0 radical (unpaired) electrons. The lowest BCUT2D eigenvalue weighted by Crippen LogP contribution is -2.29. The molecule has 37 heavy (non-hydrogen) atoms. The van der Waals surface area contributed by atoms with Gasteiger partial charge in [-0.25, -0.2) is 0 Å². The third-order valence-electron chi connectivity index (χ3n) is 6.45. The van der Waals surface area contributed by atoms with E-state index in [-0.39, 0.29) is 17.1 Å². The zero-order valence-electron chi connectivity index (χ0n) is 21.0. The molecule has 1 aliphatic rings. The van der Waals surface area contributed by atoms with Crippen LogP contribution >= 0.6 is 15.9 Å². The molecule has 1 amide bonds. The largest absolute Gasteiger partial charge is 0.490 e. The number of aryl methyl sites for hydroxylation is 1. The summed E-state index contributed by atoms with van der Waals surface area (Å²) in [5, 5.41) is 0.418. The highest BCUT2D eigenvalue weighted by Gasteiger charge is 2.44. The fourth-order valence-corrected chi connectivity index (χ4v) is 5.07. The van der Waals surface area contributed by atoms with Gasteiger partial charge in [-0.3, -0.25) is 14.5 Å². The van der Waals surface area contributed by atoms with Gasteiger partial charge < -0.3 is 13.9 Å². The van der Waals surface area contributed by atoms with Crippen LogP contribution in [0.5, 0.6) is 11.5 Å². The van der Waals surface area contributed by atoms with Crippen LogP contribution in [0.25, 0.3) is 11.0 Å². The van der Waals surface area contributed by atoms with Gasteiger partial charge >= 0.3 is 0 Å². The molecule has 7 heteroatoms. The highest BCUT2D eigenvalue weighted by molar-refractivity contribution is 9.10. The van der Waals surface area contributed by atoms with Crippen molar-refractivity contribution >= 4 is 38.5 Å². The van der Waals surface area contributed by atoms with Crippen molar-refractivity contribution in [1.29, 1.82) is 0 Å². The van der Waals surface area contributed by atoms with Crippen molar-refractivity contribution in [3.05, 3.63) is 97.8 Å². The summed E-state index contributed by atoms with van der Waals surface area (Å²) in [6, 6.07) is 17.8. The van der Waals surface area contributed by atoms with E-state index in [1.807, 2.05) is 56.3 Å². The van der Waals surface area contributed by atoms with Gasteiger partial charge in [-0.05, 0) is 73.9 Å². The van der Waals surface area contributed by atoms with Crippen LogP contribution in [0.1, 0.15) is 60.0 Å². The standard InChI is InChI=1S/C30H28BrNO5/c1-4-6-14-36-24-12-10-19(16-25(24)35-5-2)27-26-28(33)22-17-20(31)11-13-23(22)37-29(26)30(34)32(27)21-9-7-8-18(3)15-21/h7-13,15-17,27H,4-6,14H2,1-3H3. The number of carbonyl (C=O) groups excluding carboxylic acids is 1. The Morgan fingerprint density at radius 1 is 0.973 bits per heavy atom. The van der Waals surface area contributed by atoms with E-state index in [2.05, 4.69) is 22.9 Å². The first-order valence-electron chi connectivity index (χ1n) is 12.5. The number of hydrogen-bond donors (Lipinski definition) is 0. The van der Waals surface area contributed by atoms with Gasteiger partial charge in [0.2, 0.25) is 5.76 Å². The molecule has 6 nitrogen and oxygen atoms in total. The number of unbranched alkanes of at least 4 members (excludes halogenated alkanes) is 1. The molecule has 0 aliphatic carbocycles. The average Bonchev–Trinajstić information content (AvgIpc) is 3.18. The summed E-state index contributed by atoms with van der Waals surface area (Å²) in [5.41, 5.74) is 2.89. The first kappa shape index (κ1) is 25.1. The molecular weight excluding hydrogens is 534 g/mol. The van der Waals surface area contributed by atoms with Crippen molar-refractivity contribution in [2.24, 2.45) is 0 Å². The van der Waals surface area contributed by atoms with Gasteiger partial charge in [0.05, 0.1) is 30.2 Å². The van der Waals surface area contributed by atoms with Crippen molar-refractivity contribution in [2.45, 2.75) is 39.7 Å². The summed E-state index contributed by atoms with van der Waals surface area (Å²) >= 11 is 3.45. The second-order valence-corrected chi connectivity index (χ2v) is 9.99. The van der Waals surface area contributed by atoms with Crippen molar-refractivity contribution in [3.63, 3.8) is 0 Å². The summed E-state index contributed by atoms with van der Waals surface area (Å²) in [7, 11) is 0. The van der Waals surface area contributed by atoms with Crippen molar-refractivity contribution in [1.82, 2.24) is 0 Å². The lowest BCUT2D eigenvalue weighted by atomic mass is 9.97. The molecule has 1 aliphatic heterocycles. The number of halogens is 1. The lowest BCUT2D eigenvalue weighted by Gasteiger charge is -2.26. The summed E-state index contributed by atoms with van der Waals surface area (Å²) in [5.74, 6) is 0.926. The molecule has 0 saturated heterocycles. The SMILES string of the molecule is CCCCOc1ccc(C2c3c(oc4ccc(Br)cc4c3=O)C(=O)N2c2cccc(C)c2)cc1OCC. The van der Waals surface area contributed by atoms with E-state index in [4.69, 9.17) is 13.9 Å². The maximum Gasteiger partial charge on any atom is 0.295 e. The molecular formula is C30H28BrNO5. The fraction of sp³-hybridized carbons (Fsp3) is 0.267. The van der Waals surface area contributed by atoms with Crippen LogP contribution in [0.2, 0.25) is 0 Å². The predicted molar refractivity (Wildman–Crippen MR) is 148 cm³/mol. The molecule has 1 aromatic heterocycles. The lowest BCUT2D eigenvalue weighted by molar-refractivity contribution is 0.0971. The molecule has 2 heterocycles. The molecule has 3 aromatic carbocycles. The van der Waals surface area contributed by atoms with Crippen LogP contribution in [-0.2, 0) is 0 Å². The van der Waals surface area contributed by atoms with E-state index >= 15 is 0 Å². The Labute approximate surface area is 223 Å². The van der Waals surface area contributed by atoms with Crippen LogP contribution in [0.15, 0.2) is 74.3 Å². The molecule has 0 fully saturated rings. The molecule has 1 atom stereocenters. The average molecular weight is 562 g/mol. The van der Waals surface area contributed by atoms with Gasteiger partial charge in [-0.2, -0.15) is 0 Å². The Kier molecular flexibility index (Phi) is 7.07. The zero-order valence-corrected chi connectivity index (χ0v) is 22.6. The zero-order chi connectivity index (χ0) is 26.1. The van der Waals surface area contributed by atoms with Gasteiger partial charge in [-0.15, -0.1) is 0 Å². The van der Waals surface area contributed by atoms with E-state index in [1.165, 1.54) is 0 Å². The maximum atomic E-state index is 13.9. The van der Waals surface area contributed by atoms with Crippen molar-refractivity contribution in [2.75, 3.05) is 18.1 Å². The topological polar surface area (TPSA) is 69.0 Å². The Hall–Kier alpha value is -3.58. The first-order chi connectivity index (χ1) is 17.9. The van der Waals surface area contributed by atoms with Crippen LogP contribution < -0.4 is 19.8 Å². The number of fused-ring (bicyclic) bond motifs is 2. The van der Waals surface area contributed by atoms with Crippen molar-refractivity contribution < 1.29 is 18.7 Å². The molecule has 4 aromatic rings. The van der Waals surface area contributed by atoms with Crippen LogP contribution in [0, 0.1) is 6.92 Å². The number of anilines is 1. The molecule has 0 N–H and O–H groups in total. The first-order valence-corrected chi connectivity index (χ1v) is 13.3. The number of carbonyl (C=O) groups is 1. The fourth-order valence-electron chi connectivity index (χ4n) is 4.71. The normalized spacial score (nSPS) is 14.8. The van der Waals surface area contributed by atoms with E-state index in [1.54, 1.807) is 23.1 Å². The highest BCUT2D eigenvalue weighted by Crippen LogP contribution is 2.43.